The zero-order valence-corrected chi connectivity index (χ0v) is 13.5. The third kappa shape index (κ3) is 2.97. The van der Waals surface area contributed by atoms with Crippen molar-refractivity contribution in [3.8, 4) is 0 Å². The Hall–Kier alpha value is -2.49. The van der Waals surface area contributed by atoms with Crippen molar-refractivity contribution < 1.29 is 22.5 Å². The number of alkyl halides is 3. The molecule has 130 valence electrons. The van der Waals surface area contributed by atoms with Crippen LogP contribution in [0.1, 0.15) is 34.4 Å². The number of halogens is 3. The monoisotopic (exact) mass is 368 g/mol. The number of likely N-dealkylation sites (tertiary alicyclic amines) is 1. The van der Waals surface area contributed by atoms with Crippen molar-refractivity contribution in [1.29, 1.82) is 0 Å². The number of hydrogen-bond acceptors (Lipinski definition) is 6. The molecule has 10 heteroatoms. The van der Waals surface area contributed by atoms with Crippen LogP contribution < -0.4 is 0 Å². The highest BCUT2D eigenvalue weighted by atomic mass is 32.1. The van der Waals surface area contributed by atoms with E-state index in [0.29, 0.717) is 18.5 Å². The normalized spacial score (nSPS) is 18.2. The molecule has 0 spiro atoms. The number of benzene rings is 1. The molecule has 3 aromatic rings. The van der Waals surface area contributed by atoms with Crippen LogP contribution in [0.4, 0.5) is 13.2 Å². The van der Waals surface area contributed by atoms with Gasteiger partial charge in [-0.3, -0.25) is 4.79 Å². The van der Waals surface area contributed by atoms with E-state index in [1.54, 1.807) is 28.6 Å². The van der Waals surface area contributed by atoms with Crippen LogP contribution in [-0.2, 0) is 6.18 Å². The van der Waals surface area contributed by atoms with Crippen LogP contribution in [0, 0.1) is 0 Å². The molecule has 1 amide bonds. The van der Waals surface area contributed by atoms with E-state index in [1.807, 2.05) is 0 Å². The summed E-state index contributed by atoms with van der Waals surface area (Å²) in [6.07, 6.45) is -4.17. The average Bonchev–Trinajstić information content (AvgIpc) is 3.30. The molecule has 1 aliphatic heterocycles. The minimum absolute atomic E-state index is 0.0134. The molecule has 0 unspecified atom stereocenters. The number of rotatable bonds is 2. The number of fused-ring (bicyclic) bond motifs is 1. The molecule has 1 aliphatic rings. The largest absolute Gasteiger partial charge is 0.471 e. The summed E-state index contributed by atoms with van der Waals surface area (Å²) in [4.78, 5) is 21.8. The summed E-state index contributed by atoms with van der Waals surface area (Å²) in [7, 11) is 0. The lowest BCUT2D eigenvalue weighted by molar-refractivity contribution is -0.159. The van der Waals surface area contributed by atoms with Gasteiger partial charge < -0.3 is 9.42 Å². The molecule has 0 radical (unpaired) electrons. The first kappa shape index (κ1) is 16.0. The minimum atomic E-state index is -4.66. The minimum Gasteiger partial charge on any atom is -0.338 e. The summed E-state index contributed by atoms with van der Waals surface area (Å²) >= 11 is 1.44. The van der Waals surface area contributed by atoms with Gasteiger partial charge >= 0.3 is 12.1 Å². The Labute approximate surface area is 143 Å². The molecule has 1 aromatic carbocycles. The molecule has 6 nitrogen and oxygen atoms in total. The lowest BCUT2D eigenvalue weighted by atomic mass is 10.1. The van der Waals surface area contributed by atoms with Crippen molar-refractivity contribution >= 4 is 27.5 Å². The summed E-state index contributed by atoms with van der Waals surface area (Å²) in [5.74, 6) is -1.91. The standard InChI is InChI=1S/C15H11F3N4O2S/c16-15(17,18)14-20-12(21-24-14)9-3-4-22(6-9)13(23)8-1-2-10-11(5-8)25-7-19-10/h1-2,5,7,9H,3-4,6H2/t9-/m0/s1. The molecule has 25 heavy (non-hydrogen) atoms. The van der Waals surface area contributed by atoms with E-state index in [-0.39, 0.29) is 24.2 Å². The zero-order chi connectivity index (χ0) is 17.6. The van der Waals surface area contributed by atoms with Crippen molar-refractivity contribution in [2.24, 2.45) is 0 Å². The van der Waals surface area contributed by atoms with Gasteiger partial charge in [0.05, 0.1) is 15.7 Å². The van der Waals surface area contributed by atoms with Gasteiger partial charge in [0.15, 0.2) is 5.82 Å². The van der Waals surface area contributed by atoms with Crippen molar-refractivity contribution in [2.75, 3.05) is 13.1 Å². The smallest absolute Gasteiger partial charge is 0.338 e. The number of amides is 1. The van der Waals surface area contributed by atoms with Gasteiger partial charge in [0, 0.05) is 24.6 Å². The van der Waals surface area contributed by atoms with Gasteiger partial charge in [-0.05, 0) is 24.6 Å². The molecular formula is C15H11F3N4O2S. The summed E-state index contributed by atoms with van der Waals surface area (Å²) in [6.45, 7) is 0.691. The molecule has 4 rings (SSSR count). The maximum atomic E-state index is 12.6. The van der Waals surface area contributed by atoms with Crippen molar-refractivity contribution in [3.05, 3.63) is 41.0 Å². The molecule has 0 saturated carbocycles. The predicted octanol–water partition coefficient (Wildman–Crippen LogP) is 3.33. The second-order valence-electron chi connectivity index (χ2n) is 5.73. The lowest BCUT2D eigenvalue weighted by Gasteiger charge is -2.15. The molecule has 1 saturated heterocycles. The van der Waals surface area contributed by atoms with E-state index in [1.165, 1.54) is 11.3 Å². The van der Waals surface area contributed by atoms with Crippen molar-refractivity contribution in [3.63, 3.8) is 0 Å². The van der Waals surface area contributed by atoms with Gasteiger partial charge in [0.25, 0.3) is 5.91 Å². The van der Waals surface area contributed by atoms with Crippen LogP contribution in [0.3, 0.4) is 0 Å². The Morgan fingerprint density at radius 2 is 2.20 bits per heavy atom. The molecule has 0 aliphatic carbocycles. The van der Waals surface area contributed by atoms with Gasteiger partial charge in [0.2, 0.25) is 0 Å². The van der Waals surface area contributed by atoms with E-state index in [4.69, 9.17) is 0 Å². The maximum Gasteiger partial charge on any atom is 0.471 e. The molecule has 0 bridgehead atoms. The number of carbonyl (C=O) groups is 1. The van der Waals surface area contributed by atoms with E-state index >= 15 is 0 Å². The molecule has 1 fully saturated rings. The number of thiazole rings is 1. The van der Waals surface area contributed by atoms with Crippen molar-refractivity contribution in [1.82, 2.24) is 20.0 Å². The van der Waals surface area contributed by atoms with Gasteiger partial charge in [-0.1, -0.05) is 5.16 Å². The van der Waals surface area contributed by atoms with Crippen LogP contribution >= 0.6 is 11.3 Å². The van der Waals surface area contributed by atoms with E-state index < -0.39 is 12.1 Å². The summed E-state index contributed by atoms with van der Waals surface area (Å²) in [5.41, 5.74) is 3.06. The van der Waals surface area contributed by atoms with E-state index in [2.05, 4.69) is 19.6 Å². The third-order valence-corrected chi connectivity index (χ3v) is 4.89. The van der Waals surface area contributed by atoms with Gasteiger partial charge in [-0.25, -0.2) is 4.98 Å². The van der Waals surface area contributed by atoms with Crippen LogP contribution in [-0.4, -0.2) is 39.0 Å². The Morgan fingerprint density at radius 1 is 1.36 bits per heavy atom. The average molecular weight is 368 g/mol. The number of carbonyl (C=O) groups excluding carboxylic acids is 1. The SMILES string of the molecule is O=C(c1ccc2ncsc2c1)N1CC[C@H](c2noc(C(F)(F)F)n2)C1. The fourth-order valence-corrected chi connectivity index (χ4v) is 3.56. The predicted molar refractivity (Wildman–Crippen MR) is 82.2 cm³/mol. The molecular weight excluding hydrogens is 357 g/mol. The number of hydrogen-bond donors (Lipinski definition) is 0. The maximum absolute atomic E-state index is 12.6. The second kappa shape index (κ2) is 5.80. The van der Waals surface area contributed by atoms with Crippen LogP contribution in [0.5, 0.6) is 0 Å². The van der Waals surface area contributed by atoms with Crippen LogP contribution in [0.2, 0.25) is 0 Å². The van der Waals surface area contributed by atoms with E-state index in [0.717, 1.165) is 10.2 Å². The molecule has 3 heterocycles. The molecule has 2 aromatic heterocycles. The fourth-order valence-electron chi connectivity index (χ4n) is 2.84. The topological polar surface area (TPSA) is 72.1 Å². The van der Waals surface area contributed by atoms with Gasteiger partial charge in [-0.15, -0.1) is 11.3 Å². The zero-order valence-electron chi connectivity index (χ0n) is 12.7. The number of nitrogens with zero attached hydrogens (tertiary/aromatic N) is 4. The highest BCUT2D eigenvalue weighted by Crippen LogP contribution is 2.31. The van der Waals surface area contributed by atoms with Gasteiger partial charge in [-0.2, -0.15) is 18.2 Å². The van der Waals surface area contributed by atoms with Crippen LogP contribution in [0.25, 0.3) is 10.2 Å². The molecule has 1 atom stereocenters. The lowest BCUT2D eigenvalue weighted by Crippen LogP contribution is -2.28. The first-order valence-corrected chi connectivity index (χ1v) is 8.33. The second-order valence-corrected chi connectivity index (χ2v) is 6.61. The van der Waals surface area contributed by atoms with Gasteiger partial charge in [0.1, 0.15) is 0 Å². The Bertz CT molecular complexity index is 936. The summed E-state index contributed by atoms with van der Waals surface area (Å²) in [6, 6.07) is 5.26. The fraction of sp³-hybridized carbons (Fsp3) is 0.333. The Kier molecular flexibility index (Phi) is 3.71. The Balaban J connectivity index is 1.49. The highest BCUT2D eigenvalue weighted by molar-refractivity contribution is 7.16. The highest BCUT2D eigenvalue weighted by Gasteiger charge is 2.40. The first-order valence-electron chi connectivity index (χ1n) is 7.45. The molecule has 0 N–H and O–H groups in total. The quantitative estimate of drug-likeness (QED) is 0.694. The van der Waals surface area contributed by atoms with Crippen molar-refractivity contribution in [2.45, 2.75) is 18.5 Å². The summed E-state index contributed by atoms with van der Waals surface area (Å²) in [5, 5.41) is 3.41. The number of aromatic nitrogens is 3. The summed E-state index contributed by atoms with van der Waals surface area (Å²) < 4.78 is 42.8. The van der Waals surface area contributed by atoms with Crippen LogP contribution in [0.15, 0.2) is 28.2 Å². The first-order chi connectivity index (χ1) is 11.9. The van der Waals surface area contributed by atoms with E-state index in [9.17, 15) is 18.0 Å². The Morgan fingerprint density at radius 3 is 2.96 bits per heavy atom. The third-order valence-electron chi connectivity index (χ3n) is 4.10.